The van der Waals surface area contributed by atoms with Gasteiger partial charge in [0.05, 0.1) is 36.7 Å². The van der Waals surface area contributed by atoms with Crippen LogP contribution < -0.4 is 25.0 Å². The van der Waals surface area contributed by atoms with E-state index < -0.39 is 29.7 Å². The first-order valence-electron chi connectivity index (χ1n) is 17.9. The summed E-state index contributed by atoms with van der Waals surface area (Å²) in [6.45, 7) is 7.27. The van der Waals surface area contributed by atoms with E-state index in [1.54, 1.807) is 30.6 Å². The van der Waals surface area contributed by atoms with E-state index >= 15 is 0 Å². The number of anilines is 2. The van der Waals surface area contributed by atoms with Gasteiger partial charge in [0, 0.05) is 49.5 Å². The van der Waals surface area contributed by atoms with E-state index in [4.69, 9.17) is 14.2 Å². The number of morpholine rings is 1. The summed E-state index contributed by atoms with van der Waals surface area (Å²) < 4.78 is 17.8. The maximum Gasteiger partial charge on any atom is 0.262 e. The number of fused-ring (bicyclic) bond motifs is 1. The topological polar surface area (TPSA) is 152 Å². The summed E-state index contributed by atoms with van der Waals surface area (Å²) in [5.41, 5.74) is 3.26. The van der Waals surface area contributed by atoms with Gasteiger partial charge in [0.1, 0.15) is 23.6 Å². The van der Waals surface area contributed by atoms with Crippen LogP contribution in [0.1, 0.15) is 71.4 Å². The van der Waals surface area contributed by atoms with Crippen molar-refractivity contribution >= 4 is 35.1 Å². The van der Waals surface area contributed by atoms with Gasteiger partial charge in [0.15, 0.2) is 5.82 Å². The maximum absolute atomic E-state index is 13.2. The van der Waals surface area contributed by atoms with Crippen LogP contribution in [0.15, 0.2) is 79.1 Å². The van der Waals surface area contributed by atoms with Crippen molar-refractivity contribution in [3.05, 3.63) is 101 Å². The fourth-order valence-electron chi connectivity index (χ4n) is 7.28. The molecule has 8 rings (SSSR count). The molecule has 2 saturated heterocycles. The summed E-state index contributed by atoms with van der Waals surface area (Å²) in [4.78, 5) is 62.2. The lowest BCUT2D eigenvalue weighted by Crippen LogP contribution is -2.54. The fourth-order valence-corrected chi connectivity index (χ4v) is 7.28. The number of carbonyl (C=O) groups excluding carboxylic acids is 4. The minimum Gasteiger partial charge on any atom is -0.490 e. The number of amides is 4. The number of rotatable bonds is 10. The molecule has 272 valence electrons. The summed E-state index contributed by atoms with van der Waals surface area (Å²) in [6.07, 6.45) is 5.16. The van der Waals surface area contributed by atoms with E-state index in [1.807, 2.05) is 24.3 Å². The highest BCUT2D eigenvalue weighted by Gasteiger charge is 2.45. The molecule has 3 aromatic carbocycles. The van der Waals surface area contributed by atoms with Crippen LogP contribution in [0.2, 0.25) is 0 Å². The van der Waals surface area contributed by atoms with Crippen molar-refractivity contribution in [1.82, 2.24) is 20.2 Å². The van der Waals surface area contributed by atoms with Crippen LogP contribution >= 0.6 is 0 Å². The SMILES string of the molecule is CC(C)(c1ccc(Oc2cncc(N3CCOCC3)n2)cc1)c1ccc(O[C@H]2C[C@@H](Nc3ccc4c(c3)C(=O)N(C3CCC(=O)NC3=O)C4=O)C2)cc1. The fraction of sp³-hybridized carbons (Fsp3) is 0.350. The number of ether oxygens (including phenoxy) is 3. The molecule has 1 aliphatic carbocycles. The third-order valence-corrected chi connectivity index (χ3v) is 10.5. The van der Waals surface area contributed by atoms with Crippen molar-refractivity contribution < 1.29 is 33.4 Å². The number of benzene rings is 3. The third kappa shape index (κ3) is 6.91. The van der Waals surface area contributed by atoms with Crippen LogP contribution in [0, 0.1) is 0 Å². The average molecular weight is 717 g/mol. The van der Waals surface area contributed by atoms with E-state index in [0.717, 1.165) is 59.2 Å². The smallest absolute Gasteiger partial charge is 0.262 e. The average Bonchev–Trinajstić information content (AvgIpc) is 3.39. The van der Waals surface area contributed by atoms with Crippen LogP contribution in [-0.4, -0.2) is 83.0 Å². The Morgan fingerprint density at radius 1 is 0.849 bits per heavy atom. The Kier molecular flexibility index (Phi) is 9.03. The largest absolute Gasteiger partial charge is 0.490 e. The molecule has 53 heavy (non-hydrogen) atoms. The lowest BCUT2D eigenvalue weighted by Gasteiger charge is -2.36. The monoisotopic (exact) mass is 716 g/mol. The molecule has 4 aliphatic rings. The van der Waals surface area contributed by atoms with Gasteiger partial charge in [-0.3, -0.25) is 34.4 Å². The number of piperidine rings is 1. The van der Waals surface area contributed by atoms with E-state index in [0.29, 0.717) is 24.8 Å². The zero-order valence-corrected chi connectivity index (χ0v) is 29.5. The first kappa shape index (κ1) is 34.3. The van der Waals surface area contributed by atoms with Gasteiger partial charge >= 0.3 is 0 Å². The third-order valence-electron chi connectivity index (χ3n) is 10.5. The standard InChI is InChI=1S/C40H40N6O7/c1-40(2,25-5-10-29(11-6-25)53-36-23-41-22-34(43-36)45-15-17-51-18-16-45)24-3-8-28(9-4-24)52-30-19-27(20-30)42-26-7-12-31-32(21-26)39(50)46(38(31)49)33-13-14-35(47)44-37(33)48/h3-12,21-23,27,30,33,42H,13-20H2,1-2H3,(H,44,47,48)/t27-,30+,33?. The van der Waals surface area contributed by atoms with Gasteiger partial charge in [-0.05, 0) is 60.0 Å². The molecule has 4 amide bonds. The van der Waals surface area contributed by atoms with E-state index in [1.165, 1.54) is 0 Å². The molecule has 1 atom stereocenters. The number of imide groups is 2. The van der Waals surface area contributed by atoms with Crippen LogP contribution in [0.4, 0.5) is 11.5 Å². The Bertz CT molecular complexity index is 2060. The molecule has 3 aliphatic heterocycles. The van der Waals surface area contributed by atoms with Gasteiger partial charge in [-0.2, -0.15) is 4.98 Å². The maximum atomic E-state index is 13.2. The van der Waals surface area contributed by atoms with Gasteiger partial charge in [-0.1, -0.05) is 38.1 Å². The van der Waals surface area contributed by atoms with Crippen molar-refractivity contribution in [1.29, 1.82) is 0 Å². The van der Waals surface area contributed by atoms with Crippen LogP contribution in [-0.2, 0) is 19.7 Å². The molecule has 2 N–H and O–H groups in total. The quantitative estimate of drug-likeness (QED) is 0.217. The summed E-state index contributed by atoms with van der Waals surface area (Å²) in [5.74, 6) is 0.650. The molecule has 4 heterocycles. The molecule has 1 saturated carbocycles. The molecule has 3 fully saturated rings. The molecule has 0 radical (unpaired) electrons. The Morgan fingerprint density at radius 2 is 1.53 bits per heavy atom. The second-order valence-electron chi connectivity index (χ2n) is 14.4. The van der Waals surface area contributed by atoms with Gasteiger partial charge in [-0.25, -0.2) is 0 Å². The zero-order valence-electron chi connectivity index (χ0n) is 29.5. The molecule has 13 nitrogen and oxygen atoms in total. The number of aromatic nitrogens is 2. The van der Waals surface area contributed by atoms with Crippen molar-refractivity contribution in [2.75, 3.05) is 36.5 Å². The summed E-state index contributed by atoms with van der Waals surface area (Å²) in [7, 11) is 0. The summed E-state index contributed by atoms with van der Waals surface area (Å²) in [5, 5.41) is 5.66. The predicted molar refractivity (Wildman–Crippen MR) is 194 cm³/mol. The number of hydrogen-bond acceptors (Lipinski definition) is 11. The van der Waals surface area contributed by atoms with Crippen LogP contribution in [0.3, 0.4) is 0 Å². The number of nitrogens with one attached hydrogen (secondary N) is 2. The number of nitrogens with zero attached hydrogens (tertiary/aromatic N) is 4. The van der Waals surface area contributed by atoms with Crippen LogP contribution in [0.25, 0.3) is 0 Å². The second kappa shape index (κ2) is 14.0. The zero-order chi connectivity index (χ0) is 36.7. The van der Waals surface area contributed by atoms with Gasteiger partial charge in [0.2, 0.25) is 17.7 Å². The predicted octanol–water partition coefficient (Wildman–Crippen LogP) is 4.85. The molecule has 0 spiro atoms. The molecular formula is C40H40N6O7. The highest BCUT2D eigenvalue weighted by molar-refractivity contribution is 6.23. The Labute approximate surface area is 306 Å². The van der Waals surface area contributed by atoms with Gasteiger partial charge in [0.25, 0.3) is 11.8 Å². The van der Waals surface area contributed by atoms with Crippen molar-refractivity contribution in [3.8, 4) is 17.4 Å². The van der Waals surface area contributed by atoms with Gasteiger partial charge in [-0.15, -0.1) is 0 Å². The van der Waals surface area contributed by atoms with E-state index in [2.05, 4.69) is 63.6 Å². The normalized spacial score (nSPS) is 21.5. The Hall–Kier alpha value is -5.82. The molecule has 0 bridgehead atoms. The highest BCUT2D eigenvalue weighted by atomic mass is 16.5. The molecule has 1 unspecified atom stereocenters. The number of carbonyl (C=O) groups is 4. The molecule has 1 aromatic heterocycles. The Balaban J connectivity index is 0.832. The van der Waals surface area contributed by atoms with Crippen molar-refractivity contribution in [2.45, 2.75) is 63.1 Å². The van der Waals surface area contributed by atoms with E-state index in [9.17, 15) is 19.2 Å². The minimum atomic E-state index is -0.987. The minimum absolute atomic E-state index is 0.0406. The lowest BCUT2D eigenvalue weighted by molar-refractivity contribution is -0.136. The first-order chi connectivity index (χ1) is 25.6. The molecule has 4 aromatic rings. The molecule has 13 heteroatoms. The van der Waals surface area contributed by atoms with Gasteiger partial charge < -0.3 is 24.4 Å². The van der Waals surface area contributed by atoms with Crippen LogP contribution in [0.5, 0.6) is 17.4 Å². The lowest BCUT2D eigenvalue weighted by atomic mass is 9.78. The van der Waals surface area contributed by atoms with E-state index in [-0.39, 0.29) is 41.5 Å². The molecular weight excluding hydrogens is 676 g/mol. The Morgan fingerprint density at radius 3 is 2.23 bits per heavy atom. The summed E-state index contributed by atoms with van der Waals surface area (Å²) >= 11 is 0. The first-order valence-corrected chi connectivity index (χ1v) is 17.9. The van der Waals surface area contributed by atoms with Crippen molar-refractivity contribution in [3.63, 3.8) is 0 Å². The second-order valence-corrected chi connectivity index (χ2v) is 14.4. The number of hydrogen-bond donors (Lipinski definition) is 2. The van der Waals surface area contributed by atoms with Crippen molar-refractivity contribution in [2.24, 2.45) is 0 Å². The summed E-state index contributed by atoms with van der Waals surface area (Å²) in [6, 6.07) is 20.5. The highest BCUT2D eigenvalue weighted by Crippen LogP contribution is 2.36.